The number of carbonyl (C=O) groups excluding carboxylic acids is 2. The topological polar surface area (TPSA) is 77.3 Å². The van der Waals surface area contributed by atoms with Crippen molar-refractivity contribution in [3.8, 4) is 0 Å². The molecule has 0 saturated heterocycles. The highest BCUT2D eigenvalue weighted by molar-refractivity contribution is 5.91. The molecule has 0 aliphatic rings. The summed E-state index contributed by atoms with van der Waals surface area (Å²) in [4.78, 5) is 30.0. The Bertz CT molecular complexity index is 372. The first-order chi connectivity index (χ1) is 6.19. The Hall–Kier alpha value is -2.04. The van der Waals surface area contributed by atoms with Gasteiger partial charge in [-0.05, 0) is 6.07 Å². The Kier molecular flexibility index (Phi) is 2.49. The molecule has 0 spiro atoms. The third-order valence-electron chi connectivity index (χ3n) is 1.43. The van der Waals surface area contributed by atoms with Gasteiger partial charge in [0.25, 0.3) is 5.69 Å². The summed E-state index contributed by atoms with van der Waals surface area (Å²) < 4.78 is 0. The van der Waals surface area contributed by atoms with Crippen molar-refractivity contribution in [3.63, 3.8) is 0 Å². The van der Waals surface area contributed by atoms with Crippen molar-refractivity contribution in [3.05, 3.63) is 39.4 Å². The number of nitrogens with zero attached hydrogens (tertiary/aromatic N) is 1. The Morgan fingerprint density at radius 2 is 1.77 bits per heavy atom. The maximum Gasteiger partial charge on any atom is 0.270 e. The van der Waals surface area contributed by atoms with Crippen molar-refractivity contribution in [2.24, 2.45) is 0 Å². The fraction of sp³-hybridized carbons (Fsp3) is 0. The second-order valence-corrected chi connectivity index (χ2v) is 2.19. The monoisotopic (exact) mass is 177 g/mol. The second kappa shape index (κ2) is 3.57. The maximum atomic E-state index is 10.2. The van der Waals surface area contributed by atoms with Gasteiger partial charge in [0.2, 0.25) is 12.6 Å². The van der Waals surface area contributed by atoms with Gasteiger partial charge in [-0.15, -0.1) is 0 Å². The van der Waals surface area contributed by atoms with Crippen LogP contribution in [0.3, 0.4) is 0 Å². The first-order valence-corrected chi connectivity index (χ1v) is 3.24. The quantitative estimate of drug-likeness (QED) is 0.497. The molecule has 5 heteroatoms. The van der Waals surface area contributed by atoms with Crippen LogP contribution >= 0.6 is 0 Å². The zero-order valence-corrected chi connectivity index (χ0v) is 6.31. The zero-order valence-electron chi connectivity index (χ0n) is 6.31. The summed E-state index contributed by atoms with van der Waals surface area (Å²) in [7, 11) is 0. The third kappa shape index (κ3) is 1.76. The van der Waals surface area contributed by atoms with Crippen molar-refractivity contribution >= 4 is 18.3 Å². The van der Waals surface area contributed by atoms with E-state index in [0.29, 0.717) is 0 Å². The van der Waals surface area contributed by atoms with E-state index >= 15 is 0 Å². The van der Waals surface area contributed by atoms with Gasteiger partial charge in [-0.1, -0.05) is 0 Å². The van der Waals surface area contributed by atoms with E-state index in [1.807, 2.05) is 0 Å². The molecule has 1 aromatic rings. The van der Waals surface area contributed by atoms with Crippen LogP contribution in [0.15, 0.2) is 18.2 Å². The van der Waals surface area contributed by atoms with Crippen LogP contribution in [0.1, 0.15) is 11.1 Å². The number of hydrogen-bond acceptors (Lipinski definition) is 4. The molecule has 0 N–H and O–H groups in total. The van der Waals surface area contributed by atoms with Gasteiger partial charge in [-0.2, -0.15) is 0 Å². The second-order valence-electron chi connectivity index (χ2n) is 2.19. The van der Waals surface area contributed by atoms with Crippen molar-refractivity contribution in [2.45, 2.75) is 0 Å². The minimum atomic E-state index is -0.657. The van der Waals surface area contributed by atoms with Crippen LogP contribution in [0.2, 0.25) is 0 Å². The first-order valence-electron chi connectivity index (χ1n) is 3.24. The van der Waals surface area contributed by atoms with E-state index in [1.165, 1.54) is 12.6 Å². The highest BCUT2D eigenvalue weighted by atomic mass is 16.6. The summed E-state index contributed by atoms with van der Waals surface area (Å²) in [6.45, 7) is 0. The molecule has 0 aliphatic heterocycles. The molecule has 64 valence electrons. The van der Waals surface area contributed by atoms with E-state index in [1.54, 1.807) is 0 Å². The smallest absolute Gasteiger partial charge is 0.270 e. The summed E-state index contributed by atoms with van der Waals surface area (Å²) in [5.41, 5.74) is -0.429. The SMILES string of the molecule is O=[C]c1ccc([N+](=O)[O-])cc1[C]=O. The Morgan fingerprint density at radius 3 is 2.23 bits per heavy atom. The van der Waals surface area contributed by atoms with Crippen LogP contribution in [0.5, 0.6) is 0 Å². The summed E-state index contributed by atoms with van der Waals surface area (Å²) in [5, 5.41) is 10.2. The van der Waals surface area contributed by atoms with Gasteiger partial charge in [-0.3, -0.25) is 19.7 Å². The van der Waals surface area contributed by atoms with Crippen LogP contribution in [-0.2, 0) is 9.59 Å². The Labute approximate surface area is 73.1 Å². The van der Waals surface area contributed by atoms with Crippen molar-refractivity contribution in [1.29, 1.82) is 0 Å². The molecule has 0 bridgehead atoms. The van der Waals surface area contributed by atoms with Crippen LogP contribution in [-0.4, -0.2) is 17.5 Å². The van der Waals surface area contributed by atoms with Gasteiger partial charge in [-0.25, -0.2) is 0 Å². The molecule has 0 amide bonds. The van der Waals surface area contributed by atoms with Crippen molar-refractivity contribution < 1.29 is 14.5 Å². The molecule has 0 aliphatic carbocycles. The van der Waals surface area contributed by atoms with E-state index in [-0.39, 0.29) is 16.8 Å². The lowest BCUT2D eigenvalue weighted by Crippen LogP contribution is -1.94. The maximum absolute atomic E-state index is 10.2. The van der Waals surface area contributed by atoms with Gasteiger partial charge < -0.3 is 0 Å². The first kappa shape index (κ1) is 9.05. The average Bonchev–Trinajstić information content (AvgIpc) is 2.16. The van der Waals surface area contributed by atoms with E-state index in [2.05, 4.69) is 0 Å². The van der Waals surface area contributed by atoms with Gasteiger partial charge in [0.15, 0.2) is 0 Å². The molecule has 0 heterocycles. The van der Waals surface area contributed by atoms with Crippen LogP contribution in [0.4, 0.5) is 5.69 Å². The average molecular weight is 177 g/mol. The molecule has 0 saturated carbocycles. The van der Waals surface area contributed by atoms with E-state index in [0.717, 1.165) is 18.2 Å². The van der Waals surface area contributed by atoms with E-state index in [4.69, 9.17) is 0 Å². The summed E-state index contributed by atoms with van der Waals surface area (Å²) in [5.74, 6) is 0. The van der Waals surface area contributed by atoms with E-state index < -0.39 is 4.92 Å². The molecule has 0 unspecified atom stereocenters. The number of benzene rings is 1. The Balaban J connectivity index is 3.28. The molecule has 2 radical (unpaired) electrons. The van der Waals surface area contributed by atoms with Crippen LogP contribution < -0.4 is 0 Å². The number of rotatable bonds is 3. The molecule has 5 nitrogen and oxygen atoms in total. The normalized spacial score (nSPS) is 9.23. The predicted molar refractivity (Wildman–Crippen MR) is 42.7 cm³/mol. The minimum Gasteiger partial charge on any atom is -0.285 e. The van der Waals surface area contributed by atoms with Gasteiger partial charge in [0, 0.05) is 23.3 Å². The lowest BCUT2D eigenvalue weighted by Gasteiger charge is -1.94. The van der Waals surface area contributed by atoms with Gasteiger partial charge in [0.1, 0.15) is 0 Å². The highest BCUT2D eigenvalue weighted by Crippen LogP contribution is 2.14. The lowest BCUT2D eigenvalue weighted by molar-refractivity contribution is -0.384. The van der Waals surface area contributed by atoms with Crippen LogP contribution in [0, 0.1) is 10.1 Å². The van der Waals surface area contributed by atoms with Crippen LogP contribution in [0.25, 0.3) is 0 Å². The number of non-ortho nitro benzene ring substituents is 1. The molecule has 1 aromatic carbocycles. The molecule has 13 heavy (non-hydrogen) atoms. The van der Waals surface area contributed by atoms with E-state index in [9.17, 15) is 19.7 Å². The van der Waals surface area contributed by atoms with Gasteiger partial charge in [0.05, 0.1) is 4.92 Å². The lowest BCUT2D eigenvalue weighted by atomic mass is 10.1. The molecule has 0 fully saturated rings. The summed E-state index contributed by atoms with van der Waals surface area (Å²) in [6, 6.07) is 3.26. The van der Waals surface area contributed by atoms with Crippen molar-refractivity contribution in [2.75, 3.05) is 0 Å². The Morgan fingerprint density at radius 1 is 1.15 bits per heavy atom. The summed E-state index contributed by atoms with van der Waals surface area (Å²) >= 11 is 0. The molecular weight excluding hydrogens is 174 g/mol. The largest absolute Gasteiger partial charge is 0.285 e. The standard InChI is InChI=1S/C8H3NO4/c10-4-6-1-2-8(9(12)13)3-7(6)5-11/h1-3H. The molecule has 0 atom stereocenters. The zero-order chi connectivity index (χ0) is 9.84. The fourth-order valence-electron chi connectivity index (χ4n) is 0.819. The van der Waals surface area contributed by atoms with Gasteiger partial charge >= 0.3 is 0 Å². The minimum absolute atomic E-state index is 0.0272. The molecule has 1 rings (SSSR count). The van der Waals surface area contributed by atoms with Crippen molar-refractivity contribution in [1.82, 2.24) is 0 Å². The highest BCUT2D eigenvalue weighted by Gasteiger charge is 2.10. The number of nitro benzene ring substituents is 1. The number of nitro groups is 1. The molecule has 0 aromatic heterocycles. The summed E-state index contributed by atoms with van der Waals surface area (Å²) in [6.07, 6.45) is 2.90. The number of hydrogen-bond donors (Lipinski definition) is 0. The fourth-order valence-corrected chi connectivity index (χ4v) is 0.819. The predicted octanol–water partition coefficient (Wildman–Crippen LogP) is 0.510. The third-order valence-corrected chi connectivity index (χ3v) is 1.43. The molecular formula is C8H3NO4.